The molecule has 150 valence electrons. The number of carbonyl (C=O) groups is 1. The van der Waals surface area contributed by atoms with Crippen molar-refractivity contribution >= 4 is 5.91 Å². The van der Waals surface area contributed by atoms with Crippen molar-refractivity contribution in [2.45, 2.75) is 37.3 Å². The summed E-state index contributed by atoms with van der Waals surface area (Å²) in [5, 5.41) is 8.55. The quantitative estimate of drug-likeness (QED) is 0.438. The summed E-state index contributed by atoms with van der Waals surface area (Å²) in [6.07, 6.45) is -4.99. The van der Waals surface area contributed by atoms with Crippen molar-refractivity contribution < 1.29 is 36.7 Å². The van der Waals surface area contributed by atoms with Gasteiger partial charge in [0.25, 0.3) is 5.91 Å². The fraction of sp³-hybridized carbons (Fsp3) is 0.333. The molecular weight excluding hydrogens is 387 g/mol. The smallest absolute Gasteiger partial charge is 0.439 e. The monoisotopic (exact) mass is 402 g/mol. The van der Waals surface area contributed by atoms with E-state index >= 15 is 0 Å². The highest BCUT2D eigenvalue weighted by molar-refractivity contribution is 5.92. The maximum atomic E-state index is 14.0. The van der Waals surface area contributed by atoms with E-state index < -0.39 is 23.4 Å². The lowest BCUT2D eigenvalue weighted by Gasteiger charge is -2.29. The summed E-state index contributed by atoms with van der Waals surface area (Å²) in [4.78, 5) is 15.1. The number of halogens is 5. The number of aryl methyl sites for hydroxylation is 1. The summed E-state index contributed by atoms with van der Waals surface area (Å²) in [6.45, 7) is 1.52. The Balaban J connectivity index is 1.83. The average Bonchev–Trinajstić information content (AvgIpc) is 3.45. The fourth-order valence-corrected chi connectivity index (χ4v) is 2.99. The van der Waals surface area contributed by atoms with Crippen LogP contribution in [-0.4, -0.2) is 28.2 Å². The number of benzene rings is 1. The first-order valence-corrected chi connectivity index (χ1v) is 8.16. The molecule has 10 heteroatoms. The molecule has 0 saturated heterocycles. The van der Waals surface area contributed by atoms with E-state index in [1.807, 2.05) is 0 Å². The number of aromatic nitrogens is 1. The third-order valence-corrected chi connectivity index (χ3v) is 4.75. The molecule has 1 heterocycles. The number of hydrogen-bond donors (Lipinski definition) is 2. The van der Waals surface area contributed by atoms with E-state index in [-0.39, 0.29) is 35.6 Å². The van der Waals surface area contributed by atoms with Crippen LogP contribution >= 0.6 is 0 Å². The van der Waals surface area contributed by atoms with E-state index in [4.69, 9.17) is 9.94 Å². The highest BCUT2D eigenvalue weighted by Gasteiger charge is 2.75. The van der Waals surface area contributed by atoms with Gasteiger partial charge in [0.1, 0.15) is 5.75 Å². The number of ether oxygens (including phenoxy) is 1. The number of alkyl halides is 5. The van der Waals surface area contributed by atoms with Crippen molar-refractivity contribution in [1.29, 1.82) is 0 Å². The Morgan fingerprint density at radius 2 is 1.86 bits per heavy atom. The van der Waals surface area contributed by atoms with Gasteiger partial charge in [-0.3, -0.25) is 10.0 Å². The molecule has 0 radical (unpaired) electrons. The molecule has 0 atom stereocenters. The molecule has 3 rings (SSSR count). The van der Waals surface area contributed by atoms with Gasteiger partial charge < -0.3 is 4.74 Å². The Labute approximate surface area is 156 Å². The van der Waals surface area contributed by atoms with E-state index in [0.717, 1.165) is 6.20 Å². The van der Waals surface area contributed by atoms with Crippen molar-refractivity contribution in [3.8, 4) is 11.6 Å². The van der Waals surface area contributed by atoms with Crippen LogP contribution in [0.15, 0.2) is 36.5 Å². The number of carbonyl (C=O) groups excluding carboxylic acids is 1. The lowest BCUT2D eigenvalue weighted by atomic mass is 9.87. The normalized spacial score (nSPS) is 15.8. The van der Waals surface area contributed by atoms with E-state index in [9.17, 15) is 26.7 Å². The predicted molar refractivity (Wildman–Crippen MR) is 86.7 cm³/mol. The van der Waals surface area contributed by atoms with Crippen LogP contribution in [0, 0.1) is 6.92 Å². The van der Waals surface area contributed by atoms with E-state index in [2.05, 4.69) is 4.98 Å². The molecule has 1 aromatic heterocycles. The molecule has 0 unspecified atom stereocenters. The predicted octanol–water partition coefficient (Wildman–Crippen LogP) is 4.53. The van der Waals surface area contributed by atoms with Gasteiger partial charge in [-0.1, -0.05) is 12.1 Å². The molecule has 1 aromatic carbocycles. The van der Waals surface area contributed by atoms with Crippen molar-refractivity contribution in [3.63, 3.8) is 0 Å². The topological polar surface area (TPSA) is 71.5 Å². The number of nitrogens with one attached hydrogen (secondary N) is 1. The molecular formula is C18H15F5N2O3. The Bertz CT molecular complexity index is 893. The first kappa shape index (κ1) is 20.0. The van der Waals surface area contributed by atoms with Crippen LogP contribution in [0.3, 0.4) is 0 Å². The van der Waals surface area contributed by atoms with Crippen LogP contribution in [-0.2, 0) is 5.41 Å². The molecule has 1 aliphatic rings. The molecule has 1 aliphatic carbocycles. The van der Waals surface area contributed by atoms with Crippen molar-refractivity contribution in [2.24, 2.45) is 0 Å². The lowest BCUT2D eigenvalue weighted by molar-refractivity contribution is -0.296. The number of nitrogens with zero attached hydrogens (tertiary/aromatic N) is 1. The third-order valence-electron chi connectivity index (χ3n) is 4.75. The second-order valence-corrected chi connectivity index (χ2v) is 6.56. The summed E-state index contributed by atoms with van der Waals surface area (Å²) < 4.78 is 71.8. The standard InChI is InChI=1S/C18H15F5N2O3/c1-10-8-12(16(6-7-16)17(19,20)18(21,22)23)3-4-13(10)28-14-5-2-11(9-24-14)15(26)25-27/h2-5,8-9,27H,6-7H2,1H3,(H,25,26). The van der Waals surface area contributed by atoms with E-state index in [1.54, 1.807) is 0 Å². The second kappa shape index (κ2) is 6.69. The molecule has 1 amide bonds. The molecule has 2 aromatic rings. The SMILES string of the molecule is Cc1cc(C2(C(F)(F)C(F)(F)F)CC2)ccc1Oc1ccc(C(=O)NO)cn1. The second-order valence-electron chi connectivity index (χ2n) is 6.56. The van der Waals surface area contributed by atoms with Crippen LogP contribution in [0.5, 0.6) is 11.6 Å². The highest BCUT2D eigenvalue weighted by atomic mass is 19.4. The van der Waals surface area contributed by atoms with Gasteiger partial charge in [-0.2, -0.15) is 22.0 Å². The molecule has 0 spiro atoms. The zero-order chi connectivity index (χ0) is 20.7. The van der Waals surface area contributed by atoms with Gasteiger partial charge in [0.05, 0.1) is 11.0 Å². The van der Waals surface area contributed by atoms with E-state index in [1.165, 1.54) is 42.7 Å². The van der Waals surface area contributed by atoms with Gasteiger partial charge in [0.2, 0.25) is 5.88 Å². The van der Waals surface area contributed by atoms with Gasteiger partial charge in [0.15, 0.2) is 0 Å². The number of rotatable bonds is 5. The highest BCUT2D eigenvalue weighted by Crippen LogP contribution is 2.63. The van der Waals surface area contributed by atoms with Gasteiger partial charge in [-0.15, -0.1) is 0 Å². The molecule has 1 saturated carbocycles. The van der Waals surface area contributed by atoms with Crippen LogP contribution in [0.1, 0.15) is 34.3 Å². The summed E-state index contributed by atoms with van der Waals surface area (Å²) in [6, 6.07) is 6.45. The van der Waals surface area contributed by atoms with Crippen molar-refractivity contribution in [1.82, 2.24) is 10.5 Å². The number of pyridine rings is 1. The summed E-state index contributed by atoms with van der Waals surface area (Å²) >= 11 is 0. The molecule has 1 fully saturated rings. The minimum Gasteiger partial charge on any atom is -0.439 e. The van der Waals surface area contributed by atoms with Gasteiger partial charge >= 0.3 is 12.1 Å². The Hall–Kier alpha value is -2.75. The molecule has 0 aliphatic heterocycles. The molecule has 2 N–H and O–H groups in total. The molecule has 0 bridgehead atoms. The zero-order valence-electron chi connectivity index (χ0n) is 14.5. The minimum absolute atomic E-state index is 0.0759. The summed E-state index contributed by atoms with van der Waals surface area (Å²) in [5.41, 5.74) is -0.454. The van der Waals surface area contributed by atoms with Gasteiger partial charge in [0, 0.05) is 12.3 Å². The fourth-order valence-electron chi connectivity index (χ4n) is 2.99. The van der Waals surface area contributed by atoms with Gasteiger partial charge in [-0.25, -0.2) is 10.5 Å². The van der Waals surface area contributed by atoms with Crippen molar-refractivity contribution in [2.75, 3.05) is 0 Å². The van der Waals surface area contributed by atoms with Gasteiger partial charge in [-0.05, 0) is 43.0 Å². The first-order valence-electron chi connectivity index (χ1n) is 8.16. The third kappa shape index (κ3) is 3.28. The first-order chi connectivity index (χ1) is 13.0. The van der Waals surface area contributed by atoms with E-state index in [0.29, 0.717) is 5.56 Å². The summed E-state index contributed by atoms with van der Waals surface area (Å²) in [5.74, 6) is -5.28. The Morgan fingerprint density at radius 3 is 2.32 bits per heavy atom. The van der Waals surface area contributed by atoms with Crippen LogP contribution in [0.2, 0.25) is 0 Å². The Kier molecular flexibility index (Phi) is 4.78. The molecule has 28 heavy (non-hydrogen) atoms. The largest absolute Gasteiger partial charge is 0.454 e. The Morgan fingerprint density at radius 1 is 1.18 bits per heavy atom. The lowest BCUT2D eigenvalue weighted by Crippen LogP contribution is -2.47. The number of amides is 1. The number of hydrogen-bond acceptors (Lipinski definition) is 4. The van der Waals surface area contributed by atoms with Crippen LogP contribution < -0.4 is 10.2 Å². The van der Waals surface area contributed by atoms with Crippen molar-refractivity contribution in [3.05, 3.63) is 53.2 Å². The zero-order valence-corrected chi connectivity index (χ0v) is 14.5. The molecule has 5 nitrogen and oxygen atoms in total. The maximum absolute atomic E-state index is 14.0. The van der Waals surface area contributed by atoms with Crippen LogP contribution in [0.4, 0.5) is 22.0 Å². The summed E-state index contributed by atoms with van der Waals surface area (Å²) in [7, 11) is 0. The maximum Gasteiger partial charge on any atom is 0.454 e. The minimum atomic E-state index is -5.63. The average molecular weight is 402 g/mol. The van der Waals surface area contributed by atoms with Crippen LogP contribution in [0.25, 0.3) is 0 Å². The number of hydroxylamine groups is 1.